The summed E-state index contributed by atoms with van der Waals surface area (Å²) >= 11 is 0. The van der Waals surface area contributed by atoms with Gasteiger partial charge in [-0.1, -0.05) is 43.0 Å². The van der Waals surface area contributed by atoms with Crippen LogP contribution in [0.1, 0.15) is 21.5 Å². The van der Waals surface area contributed by atoms with Crippen LogP contribution in [-0.4, -0.2) is 32.9 Å². The van der Waals surface area contributed by atoms with Crippen molar-refractivity contribution in [1.29, 1.82) is 0 Å². The topological polar surface area (TPSA) is 78.4 Å². The highest BCUT2D eigenvalue weighted by Gasteiger charge is 2.11. The van der Waals surface area contributed by atoms with Crippen LogP contribution in [-0.2, 0) is 6.61 Å². The minimum atomic E-state index is -0.378. The van der Waals surface area contributed by atoms with Crippen LogP contribution >= 0.6 is 0 Å². The van der Waals surface area contributed by atoms with Gasteiger partial charge < -0.3 is 18.9 Å². The number of nitrogens with zero attached hydrogens (tertiary/aromatic N) is 1. The number of methoxy groups -OCH3 is 2. The number of carbonyl (C=O) groups is 1. The third-order valence-electron chi connectivity index (χ3n) is 4.59. The third kappa shape index (κ3) is 6.61. The standard InChI is InChI=1S/C26H26N2O5/c1-4-14-32-22-12-10-20(15-24(22)30-2)17-27-28-26(29)21-11-13-23(25(16-21)31-3)33-18-19-8-6-5-7-9-19/h4-13,15-17H,1,14,18H2,2-3H3,(H,28,29)/b27-17+. The number of hydrogen-bond acceptors (Lipinski definition) is 6. The maximum atomic E-state index is 12.5. The summed E-state index contributed by atoms with van der Waals surface area (Å²) in [5.41, 5.74) is 4.67. The van der Waals surface area contributed by atoms with Crippen LogP contribution in [0, 0.1) is 0 Å². The summed E-state index contributed by atoms with van der Waals surface area (Å²) in [6.07, 6.45) is 3.17. The molecule has 0 atom stereocenters. The van der Waals surface area contributed by atoms with Gasteiger partial charge in [0, 0.05) is 5.56 Å². The van der Waals surface area contributed by atoms with E-state index in [-0.39, 0.29) is 5.91 Å². The van der Waals surface area contributed by atoms with Crippen LogP contribution in [0.15, 0.2) is 84.5 Å². The molecule has 7 heteroatoms. The molecule has 0 unspecified atom stereocenters. The molecule has 7 nitrogen and oxygen atoms in total. The number of carbonyl (C=O) groups excluding carboxylic acids is 1. The predicted octanol–water partition coefficient (Wildman–Crippen LogP) is 4.61. The number of hydrogen-bond donors (Lipinski definition) is 1. The highest BCUT2D eigenvalue weighted by molar-refractivity contribution is 5.95. The SMILES string of the molecule is C=CCOc1ccc(/C=N/NC(=O)c2ccc(OCc3ccccc3)c(OC)c2)cc1OC. The van der Waals surface area contributed by atoms with Crippen molar-refractivity contribution in [2.75, 3.05) is 20.8 Å². The van der Waals surface area contributed by atoms with Gasteiger partial charge in [-0.3, -0.25) is 4.79 Å². The van der Waals surface area contributed by atoms with E-state index in [1.807, 2.05) is 30.3 Å². The van der Waals surface area contributed by atoms with Crippen molar-refractivity contribution in [2.45, 2.75) is 6.61 Å². The Morgan fingerprint density at radius 3 is 2.33 bits per heavy atom. The minimum Gasteiger partial charge on any atom is -0.493 e. The van der Waals surface area contributed by atoms with Crippen molar-refractivity contribution < 1.29 is 23.7 Å². The molecule has 1 N–H and O–H groups in total. The van der Waals surface area contributed by atoms with Crippen molar-refractivity contribution in [3.8, 4) is 23.0 Å². The van der Waals surface area contributed by atoms with Gasteiger partial charge in [0.2, 0.25) is 0 Å². The quantitative estimate of drug-likeness (QED) is 0.264. The summed E-state index contributed by atoms with van der Waals surface area (Å²) in [7, 11) is 3.08. The summed E-state index contributed by atoms with van der Waals surface area (Å²) in [6, 6.07) is 20.1. The molecule has 0 fully saturated rings. The molecule has 0 aliphatic carbocycles. The lowest BCUT2D eigenvalue weighted by Gasteiger charge is -2.12. The minimum absolute atomic E-state index is 0.374. The molecule has 33 heavy (non-hydrogen) atoms. The fourth-order valence-electron chi connectivity index (χ4n) is 2.93. The van der Waals surface area contributed by atoms with Gasteiger partial charge in [-0.25, -0.2) is 5.43 Å². The third-order valence-corrected chi connectivity index (χ3v) is 4.59. The van der Waals surface area contributed by atoms with Crippen molar-refractivity contribution in [3.05, 3.63) is 96.1 Å². The van der Waals surface area contributed by atoms with Crippen molar-refractivity contribution >= 4 is 12.1 Å². The van der Waals surface area contributed by atoms with Crippen LogP contribution in [0.25, 0.3) is 0 Å². The molecule has 0 aliphatic heterocycles. The maximum Gasteiger partial charge on any atom is 0.271 e. The van der Waals surface area contributed by atoms with Gasteiger partial charge in [0.25, 0.3) is 5.91 Å². The van der Waals surface area contributed by atoms with Gasteiger partial charge in [0.05, 0.1) is 20.4 Å². The second-order valence-corrected chi connectivity index (χ2v) is 6.85. The Kier molecular flexibility index (Phi) is 8.48. The molecule has 0 aromatic heterocycles. The lowest BCUT2D eigenvalue weighted by atomic mass is 10.2. The van der Waals surface area contributed by atoms with Crippen LogP contribution in [0.4, 0.5) is 0 Å². The Morgan fingerprint density at radius 2 is 1.61 bits per heavy atom. The fourth-order valence-corrected chi connectivity index (χ4v) is 2.93. The van der Waals surface area contributed by atoms with E-state index in [0.717, 1.165) is 11.1 Å². The first-order chi connectivity index (χ1) is 16.1. The first-order valence-electron chi connectivity index (χ1n) is 10.2. The van der Waals surface area contributed by atoms with Crippen LogP contribution < -0.4 is 24.4 Å². The molecular weight excluding hydrogens is 420 g/mol. The molecule has 0 radical (unpaired) electrons. The molecule has 0 saturated heterocycles. The molecule has 0 heterocycles. The van der Waals surface area contributed by atoms with Crippen molar-refractivity contribution in [3.63, 3.8) is 0 Å². The first-order valence-corrected chi connectivity index (χ1v) is 10.2. The zero-order chi connectivity index (χ0) is 23.5. The van der Waals surface area contributed by atoms with E-state index in [4.69, 9.17) is 18.9 Å². The first kappa shape index (κ1) is 23.4. The summed E-state index contributed by atoms with van der Waals surface area (Å²) in [6.45, 7) is 4.40. The highest BCUT2D eigenvalue weighted by atomic mass is 16.5. The van der Waals surface area contributed by atoms with Gasteiger partial charge in [-0.05, 0) is 47.5 Å². The van der Waals surface area contributed by atoms with Crippen molar-refractivity contribution in [2.24, 2.45) is 5.10 Å². The molecule has 1 amide bonds. The summed E-state index contributed by atoms with van der Waals surface area (Å²) in [5.74, 6) is 1.79. The summed E-state index contributed by atoms with van der Waals surface area (Å²) in [4.78, 5) is 12.5. The fraction of sp³-hybridized carbons (Fsp3) is 0.154. The van der Waals surface area contributed by atoms with E-state index in [2.05, 4.69) is 17.1 Å². The lowest BCUT2D eigenvalue weighted by Crippen LogP contribution is -2.17. The monoisotopic (exact) mass is 446 g/mol. The average Bonchev–Trinajstić information content (AvgIpc) is 2.86. The molecule has 3 aromatic carbocycles. The molecule has 0 bridgehead atoms. The Bertz CT molecular complexity index is 1110. The van der Waals surface area contributed by atoms with Crippen LogP contribution in [0.2, 0.25) is 0 Å². The van der Waals surface area contributed by atoms with Gasteiger partial charge in [0.15, 0.2) is 23.0 Å². The predicted molar refractivity (Wildman–Crippen MR) is 128 cm³/mol. The number of benzene rings is 3. The molecule has 0 spiro atoms. The average molecular weight is 447 g/mol. The molecular formula is C26H26N2O5. The van der Waals surface area contributed by atoms with Crippen LogP contribution in [0.5, 0.6) is 23.0 Å². The van der Waals surface area contributed by atoms with E-state index in [1.165, 1.54) is 13.3 Å². The Hall–Kier alpha value is -4.26. The Balaban J connectivity index is 1.62. The number of nitrogens with one attached hydrogen (secondary N) is 1. The van der Waals surface area contributed by atoms with E-state index < -0.39 is 0 Å². The molecule has 0 saturated carbocycles. The molecule has 3 aromatic rings. The van der Waals surface area contributed by atoms with E-state index in [1.54, 1.807) is 49.6 Å². The largest absolute Gasteiger partial charge is 0.493 e. The zero-order valence-electron chi connectivity index (χ0n) is 18.6. The Labute approximate surface area is 193 Å². The number of rotatable bonds is 11. The molecule has 0 aliphatic rings. The van der Waals surface area contributed by atoms with Crippen LogP contribution in [0.3, 0.4) is 0 Å². The van der Waals surface area contributed by atoms with Gasteiger partial charge in [0.1, 0.15) is 13.2 Å². The second-order valence-electron chi connectivity index (χ2n) is 6.85. The summed E-state index contributed by atoms with van der Waals surface area (Å²) < 4.78 is 22.1. The number of amides is 1. The van der Waals surface area contributed by atoms with Gasteiger partial charge >= 0.3 is 0 Å². The van der Waals surface area contributed by atoms with Gasteiger partial charge in [-0.2, -0.15) is 5.10 Å². The molecule has 170 valence electrons. The van der Waals surface area contributed by atoms with E-state index in [0.29, 0.717) is 41.8 Å². The smallest absolute Gasteiger partial charge is 0.271 e. The molecule has 3 rings (SSSR count). The number of hydrazone groups is 1. The number of ether oxygens (including phenoxy) is 4. The van der Waals surface area contributed by atoms with Crippen molar-refractivity contribution in [1.82, 2.24) is 5.43 Å². The zero-order valence-corrected chi connectivity index (χ0v) is 18.6. The van der Waals surface area contributed by atoms with E-state index in [9.17, 15) is 4.79 Å². The van der Waals surface area contributed by atoms with Gasteiger partial charge in [-0.15, -0.1) is 0 Å². The highest BCUT2D eigenvalue weighted by Crippen LogP contribution is 2.29. The van der Waals surface area contributed by atoms with E-state index >= 15 is 0 Å². The Morgan fingerprint density at radius 1 is 0.909 bits per heavy atom. The lowest BCUT2D eigenvalue weighted by molar-refractivity contribution is 0.0954. The normalized spacial score (nSPS) is 10.5. The second kappa shape index (κ2) is 12.0. The maximum absolute atomic E-state index is 12.5. The summed E-state index contributed by atoms with van der Waals surface area (Å²) in [5, 5.41) is 4.03.